The summed E-state index contributed by atoms with van der Waals surface area (Å²) in [6.07, 6.45) is -3.15. The highest BCUT2D eigenvalue weighted by Gasteiger charge is 2.30. The molecule has 1 amide bonds. The summed E-state index contributed by atoms with van der Waals surface area (Å²) in [6.45, 7) is 2.65. The van der Waals surface area contributed by atoms with Gasteiger partial charge in [-0.2, -0.15) is 13.2 Å². The normalized spacial score (nSPS) is 10.5. The van der Waals surface area contributed by atoms with Crippen molar-refractivity contribution in [3.63, 3.8) is 0 Å². The molecule has 6 nitrogen and oxygen atoms in total. The third kappa shape index (κ3) is 5.81. The number of nitrogens with zero attached hydrogens (tertiary/aromatic N) is 1. The molecular formula is C14H13F3N2O4. The lowest BCUT2D eigenvalue weighted by Gasteiger charge is -2.08. The number of carboxylic acids is 1. The Kier molecular flexibility index (Phi) is 5.88. The largest absolute Gasteiger partial charge is 0.481 e. The van der Waals surface area contributed by atoms with Crippen molar-refractivity contribution in [1.29, 1.82) is 0 Å². The first-order chi connectivity index (χ1) is 10.6. The van der Waals surface area contributed by atoms with E-state index in [1.54, 1.807) is 6.92 Å². The van der Waals surface area contributed by atoms with Gasteiger partial charge in [-0.25, -0.2) is 0 Å². The smallest absolute Gasteiger partial charge is 0.416 e. The maximum atomic E-state index is 12.4. The average molecular weight is 330 g/mol. The lowest BCUT2D eigenvalue weighted by Crippen LogP contribution is -2.12. The minimum Gasteiger partial charge on any atom is -0.481 e. The summed E-state index contributed by atoms with van der Waals surface area (Å²) in [7, 11) is 0. The molecule has 1 aromatic carbocycles. The Morgan fingerprint density at radius 3 is 2.13 bits per heavy atom. The summed E-state index contributed by atoms with van der Waals surface area (Å²) in [4.78, 5) is 20.7. The van der Waals surface area contributed by atoms with Gasteiger partial charge in [0.2, 0.25) is 0 Å². The van der Waals surface area contributed by atoms with Crippen molar-refractivity contribution in [3.8, 4) is 0 Å². The second kappa shape index (κ2) is 7.43. The Labute approximate surface area is 128 Å². The molecule has 0 fully saturated rings. The first kappa shape index (κ1) is 18.2. The number of halogens is 3. The molecule has 2 N–H and O–H groups in total. The number of benzene rings is 1. The van der Waals surface area contributed by atoms with Gasteiger partial charge in [0, 0.05) is 12.6 Å². The minimum atomic E-state index is -4.40. The van der Waals surface area contributed by atoms with Crippen molar-refractivity contribution in [1.82, 2.24) is 5.16 Å². The van der Waals surface area contributed by atoms with Gasteiger partial charge in [-0.15, -0.1) is 0 Å². The maximum absolute atomic E-state index is 12.4. The van der Waals surface area contributed by atoms with E-state index in [1.807, 2.05) is 0 Å². The molecule has 0 saturated heterocycles. The molecule has 0 saturated carbocycles. The lowest BCUT2D eigenvalue weighted by atomic mass is 10.2. The van der Waals surface area contributed by atoms with Gasteiger partial charge in [0.25, 0.3) is 11.9 Å². The van der Waals surface area contributed by atoms with Gasteiger partial charge >= 0.3 is 6.18 Å². The van der Waals surface area contributed by atoms with Crippen LogP contribution in [0.3, 0.4) is 0 Å². The number of anilines is 1. The number of hydrogen-bond donors (Lipinski definition) is 2. The molecule has 9 heteroatoms. The molecule has 0 aliphatic carbocycles. The molecule has 0 unspecified atom stereocenters. The van der Waals surface area contributed by atoms with Crippen molar-refractivity contribution < 1.29 is 32.4 Å². The van der Waals surface area contributed by atoms with Crippen LogP contribution < -0.4 is 5.32 Å². The quantitative estimate of drug-likeness (QED) is 0.881. The highest BCUT2D eigenvalue weighted by atomic mass is 19.4. The lowest BCUT2D eigenvalue weighted by molar-refractivity contribution is -0.137. The second-order valence-electron chi connectivity index (χ2n) is 4.34. The number of carbonyl (C=O) groups excluding carboxylic acids is 1. The topological polar surface area (TPSA) is 92.4 Å². The van der Waals surface area contributed by atoms with Crippen LogP contribution in [0, 0.1) is 6.92 Å². The number of amides is 1. The Balaban J connectivity index is 0.000000593. The molecule has 1 aromatic heterocycles. The van der Waals surface area contributed by atoms with Gasteiger partial charge in [-0.1, -0.05) is 5.16 Å². The van der Waals surface area contributed by atoms with Crippen LogP contribution in [0.5, 0.6) is 0 Å². The molecule has 0 aliphatic rings. The molecule has 0 radical (unpaired) electrons. The van der Waals surface area contributed by atoms with Crippen LogP contribution in [-0.4, -0.2) is 22.1 Å². The van der Waals surface area contributed by atoms with Crippen molar-refractivity contribution in [2.24, 2.45) is 0 Å². The third-order valence-electron chi connectivity index (χ3n) is 2.47. The van der Waals surface area contributed by atoms with Crippen molar-refractivity contribution in [3.05, 3.63) is 47.3 Å². The van der Waals surface area contributed by atoms with E-state index in [2.05, 4.69) is 10.5 Å². The molecule has 0 aliphatic heterocycles. The fourth-order valence-corrected chi connectivity index (χ4v) is 1.46. The molecule has 1 heterocycles. The van der Waals surface area contributed by atoms with Crippen molar-refractivity contribution >= 4 is 17.6 Å². The first-order valence-corrected chi connectivity index (χ1v) is 6.20. The van der Waals surface area contributed by atoms with E-state index in [0.717, 1.165) is 19.1 Å². The second-order valence-corrected chi connectivity index (χ2v) is 4.34. The molecule has 0 spiro atoms. The van der Waals surface area contributed by atoms with Crippen LogP contribution in [0.25, 0.3) is 0 Å². The number of rotatable bonds is 2. The monoisotopic (exact) mass is 330 g/mol. The zero-order chi connectivity index (χ0) is 17.6. The standard InChI is InChI=1S/C12H9F3N2O2.C2H4O2/c1-7-10(6-16-19-7)11(18)17-9-4-2-8(3-5-9)12(13,14)15;1-2(3)4/h2-6H,1H3,(H,17,18);1H3,(H,3,4). The summed E-state index contributed by atoms with van der Waals surface area (Å²) in [5.41, 5.74) is -0.273. The van der Waals surface area contributed by atoms with Crippen molar-refractivity contribution in [2.45, 2.75) is 20.0 Å². The van der Waals surface area contributed by atoms with Gasteiger partial charge in [-0.3, -0.25) is 9.59 Å². The fraction of sp³-hybridized carbons (Fsp3) is 0.214. The van der Waals surface area contributed by atoms with Crippen LogP contribution in [0.2, 0.25) is 0 Å². The van der Waals surface area contributed by atoms with Crippen LogP contribution >= 0.6 is 0 Å². The van der Waals surface area contributed by atoms with E-state index >= 15 is 0 Å². The minimum absolute atomic E-state index is 0.236. The Morgan fingerprint density at radius 1 is 1.22 bits per heavy atom. The number of aryl methyl sites for hydroxylation is 1. The number of aliphatic carboxylic acids is 1. The van der Waals surface area contributed by atoms with Crippen molar-refractivity contribution in [2.75, 3.05) is 5.32 Å². The van der Waals surface area contributed by atoms with E-state index in [1.165, 1.54) is 18.3 Å². The molecule has 0 atom stereocenters. The number of carboxylic acid groups (broad SMARTS) is 1. The van der Waals surface area contributed by atoms with E-state index in [0.29, 0.717) is 5.76 Å². The number of hydrogen-bond acceptors (Lipinski definition) is 4. The summed E-state index contributed by atoms with van der Waals surface area (Å²) < 4.78 is 41.8. The molecule has 2 aromatic rings. The maximum Gasteiger partial charge on any atom is 0.416 e. The predicted molar refractivity (Wildman–Crippen MR) is 73.9 cm³/mol. The molecule has 23 heavy (non-hydrogen) atoms. The highest BCUT2D eigenvalue weighted by molar-refractivity contribution is 6.04. The zero-order valence-electron chi connectivity index (χ0n) is 12.1. The average Bonchev–Trinajstić information content (AvgIpc) is 2.84. The molecule has 124 valence electrons. The highest BCUT2D eigenvalue weighted by Crippen LogP contribution is 2.29. The molecule has 0 bridgehead atoms. The van der Waals surface area contributed by atoms with E-state index in [-0.39, 0.29) is 11.3 Å². The SMILES string of the molecule is CC(=O)O.Cc1oncc1C(=O)Nc1ccc(C(F)(F)F)cc1. The van der Waals surface area contributed by atoms with Gasteiger partial charge in [0.05, 0.1) is 11.8 Å². The number of nitrogens with one attached hydrogen (secondary N) is 1. The summed E-state index contributed by atoms with van der Waals surface area (Å²) >= 11 is 0. The third-order valence-corrected chi connectivity index (χ3v) is 2.47. The van der Waals surface area contributed by atoms with E-state index in [9.17, 15) is 18.0 Å². The summed E-state index contributed by atoms with van der Waals surface area (Å²) in [5, 5.41) is 13.3. The molecular weight excluding hydrogens is 317 g/mol. The number of aromatic nitrogens is 1. The van der Waals surface area contributed by atoms with Crippen LogP contribution in [0.15, 0.2) is 35.0 Å². The summed E-state index contributed by atoms with van der Waals surface area (Å²) in [5.74, 6) is -0.983. The van der Waals surface area contributed by atoms with E-state index < -0.39 is 23.6 Å². The van der Waals surface area contributed by atoms with Gasteiger partial charge in [0.15, 0.2) is 0 Å². The number of carbonyl (C=O) groups is 2. The Hall–Kier alpha value is -2.84. The van der Waals surface area contributed by atoms with Gasteiger partial charge < -0.3 is 14.9 Å². The van der Waals surface area contributed by atoms with Gasteiger partial charge in [0.1, 0.15) is 11.3 Å². The molecule has 2 rings (SSSR count). The summed E-state index contributed by atoms with van der Waals surface area (Å²) in [6, 6.07) is 4.17. The predicted octanol–water partition coefficient (Wildman–Crippen LogP) is 3.35. The van der Waals surface area contributed by atoms with E-state index in [4.69, 9.17) is 14.4 Å². The first-order valence-electron chi connectivity index (χ1n) is 6.20. The zero-order valence-corrected chi connectivity index (χ0v) is 12.1. The number of alkyl halides is 3. The fourth-order valence-electron chi connectivity index (χ4n) is 1.46. The van der Waals surface area contributed by atoms with Crippen LogP contribution in [0.4, 0.5) is 18.9 Å². The Bertz CT molecular complexity index is 674. The van der Waals surface area contributed by atoms with Crippen LogP contribution in [-0.2, 0) is 11.0 Å². The van der Waals surface area contributed by atoms with Crippen LogP contribution in [0.1, 0.15) is 28.6 Å². The van der Waals surface area contributed by atoms with Gasteiger partial charge in [-0.05, 0) is 31.2 Å². The Morgan fingerprint density at radius 2 is 1.74 bits per heavy atom.